The van der Waals surface area contributed by atoms with Crippen molar-refractivity contribution in [2.75, 3.05) is 0 Å². The van der Waals surface area contributed by atoms with Crippen molar-refractivity contribution in [1.82, 2.24) is 4.98 Å². The monoisotopic (exact) mass is 338 g/mol. The van der Waals surface area contributed by atoms with Gasteiger partial charge in [0.25, 0.3) is 0 Å². The first-order valence-electron chi connectivity index (χ1n) is 8.16. The highest BCUT2D eigenvalue weighted by Gasteiger charge is 2.22. The molecule has 0 aliphatic heterocycles. The number of aliphatic hydroxyl groups excluding tert-OH is 1. The van der Waals surface area contributed by atoms with Gasteiger partial charge in [0.2, 0.25) is 0 Å². The Bertz CT molecular complexity index is 1090. The Hall–Kier alpha value is -3.55. The highest BCUT2D eigenvalue weighted by atomic mass is 16.3. The third-order valence-electron chi connectivity index (χ3n) is 4.56. The van der Waals surface area contributed by atoms with Gasteiger partial charge in [-0.25, -0.2) is 0 Å². The van der Waals surface area contributed by atoms with E-state index in [4.69, 9.17) is 0 Å². The predicted molar refractivity (Wildman–Crippen MR) is 99.2 cm³/mol. The van der Waals surface area contributed by atoms with Crippen LogP contribution in [0.15, 0.2) is 54.7 Å². The number of aromatic nitrogens is 1. The summed E-state index contributed by atoms with van der Waals surface area (Å²) in [6, 6.07) is 16.6. The molecule has 0 saturated heterocycles. The van der Waals surface area contributed by atoms with Crippen molar-refractivity contribution in [3.63, 3.8) is 0 Å². The Balaban J connectivity index is 1.86. The van der Waals surface area contributed by atoms with Crippen molar-refractivity contribution in [3.05, 3.63) is 88.2 Å². The average Bonchev–Trinajstić information content (AvgIpc) is 2.84. The number of pyridine rings is 1. The Labute approximate surface area is 150 Å². The highest BCUT2D eigenvalue weighted by molar-refractivity contribution is 5.81. The lowest BCUT2D eigenvalue weighted by molar-refractivity contribution is 0.112. The van der Waals surface area contributed by atoms with Crippen molar-refractivity contribution >= 4 is 18.4 Å². The minimum Gasteiger partial charge on any atom is -0.384 e. The number of nitrogens with zero attached hydrogens (tertiary/aromatic N) is 2. The first-order valence-corrected chi connectivity index (χ1v) is 8.16. The molecule has 1 N–H and O–H groups in total. The lowest BCUT2D eigenvalue weighted by Crippen LogP contribution is -2.05. The number of carbonyl (C=O) groups is 1. The minimum absolute atomic E-state index is 0.518. The van der Waals surface area contributed by atoms with Crippen LogP contribution in [0.1, 0.15) is 44.4 Å². The van der Waals surface area contributed by atoms with Crippen molar-refractivity contribution in [2.45, 2.75) is 6.10 Å². The van der Waals surface area contributed by atoms with E-state index in [1.165, 1.54) is 0 Å². The third-order valence-corrected chi connectivity index (χ3v) is 4.56. The molecule has 0 fully saturated rings. The molecular weight excluding hydrogens is 324 g/mol. The number of nitriles is 1. The van der Waals surface area contributed by atoms with Gasteiger partial charge in [-0.1, -0.05) is 36.4 Å². The summed E-state index contributed by atoms with van der Waals surface area (Å²) in [6.07, 6.45) is 5.28. The number of aliphatic hydroxyl groups is 1. The maximum Gasteiger partial charge on any atom is 0.150 e. The standard InChI is InChI=1S/C22H14N2O2/c23-11-16-5-2-6-19-18(16)7-8-21-20(22(19)26)10-17(12-24-21)15-4-1-3-14(9-15)13-25/h1-10,12-13,22,26H. The molecule has 0 bridgehead atoms. The molecule has 1 unspecified atom stereocenters. The summed E-state index contributed by atoms with van der Waals surface area (Å²) in [6.45, 7) is 0. The number of benzene rings is 2. The highest BCUT2D eigenvalue weighted by Crippen LogP contribution is 2.35. The lowest BCUT2D eigenvalue weighted by atomic mass is 9.94. The number of rotatable bonds is 2. The second-order valence-electron chi connectivity index (χ2n) is 6.10. The number of hydrogen-bond acceptors (Lipinski definition) is 4. The summed E-state index contributed by atoms with van der Waals surface area (Å²) < 4.78 is 0. The van der Waals surface area contributed by atoms with Gasteiger partial charge in [0.05, 0.1) is 17.3 Å². The van der Waals surface area contributed by atoms with E-state index in [-0.39, 0.29) is 0 Å². The first-order chi connectivity index (χ1) is 12.7. The van der Waals surface area contributed by atoms with Crippen molar-refractivity contribution in [3.8, 4) is 17.2 Å². The Morgan fingerprint density at radius 2 is 1.88 bits per heavy atom. The number of fused-ring (bicyclic) bond motifs is 2. The smallest absolute Gasteiger partial charge is 0.150 e. The summed E-state index contributed by atoms with van der Waals surface area (Å²) in [5, 5.41) is 20.3. The molecule has 1 aromatic heterocycles. The number of aldehydes is 1. The van der Waals surface area contributed by atoms with E-state index in [2.05, 4.69) is 11.1 Å². The van der Waals surface area contributed by atoms with Crippen LogP contribution >= 0.6 is 0 Å². The van der Waals surface area contributed by atoms with Crippen LogP contribution in [-0.4, -0.2) is 16.4 Å². The maximum absolute atomic E-state index is 11.0. The van der Waals surface area contributed by atoms with Crippen molar-refractivity contribution in [1.29, 1.82) is 5.26 Å². The molecule has 3 aromatic rings. The predicted octanol–water partition coefficient (Wildman–Crippen LogP) is 4.00. The molecule has 2 aromatic carbocycles. The zero-order valence-corrected chi connectivity index (χ0v) is 13.8. The molecule has 4 heteroatoms. The maximum atomic E-state index is 11.0. The van der Waals surface area contributed by atoms with Crippen LogP contribution < -0.4 is 0 Å². The molecule has 4 rings (SSSR count). The van der Waals surface area contributed by atoms with E-state index in [1.54, 1.807) is 30.5 Å². The zero-order chi connectivity index (χ0) is 18.1. The molecule has 1 aliphatic carbocycles. The van der Waals surface area contributed by atoms with Gasteiger partial charge in [-0.3, -0.25) is 9.78 Å². The van der Waals surface area contributed by atoms with Crippen LogP contribution in [0.25, 0.3) is 23.3 Å². The van der Waals surface area contributed by atoms with Crippen LogP contribution in [0, 0.1) is 11.3 Å². The topological polar surface area (TPSA) is 74.0 Å². The molecule has 0 spiro atoms. The van der Waals surface area contributed by atoms with E-state index >= 15 is 0 Å². The van der Waals surface area contributed by atoms with Gasteiger partial charge in [-0.2, -0.15) is 5.26 Å². The normalized spacial score (nSPS) is 14.7. The lowest BCUT2D eigenvalue weighted by Gasteiger charge is -2.16. The molecule has 1 heterocycles. The summed E-state index contributed by atoms with van der Waals surface area (Å²) in [7, 11) is 0. The fraction of sp³-hybridized carbons (Fsp3) is 0.0455. The summed E-state index contributed by atoms with van der Waals surface area (Å²) in [5.74, 6) is 0. The van der Waals surface area contributed by atoms with Crippen LogP contribution in [0.2, 0.25) is 0 Å². The summed E-state index contributed by atoms with van der Waals surface area (Å²) in [5.41, 5.74) is 5.50. The Morgan fingerprint density at radius 1 is 1.04 bits per heavy atom. The first kappa shape index (κ1) is 15.9. The molecule has 0 amide bonds. The SMILES string of the molecule is N#Cc1cccc2c1C=Cc1ncc(-c3cccc(C=O)c3)cc1C2O. The van der Waals surface area contributed by atoms with E-state index in [0.29, 0.717) is 33.5 Å². The zero-order valence-electron chi connectivity index (χ0n) is 13.8. The van der Waals surface area contributed by atoms with Gasteiger partial charge in [0.1, 0.15) is 12.4 Å². The van der Waals surface area contributed by atoms with E-state index in [1.807, 2.05) is 36.4 Å². The van der Waals surface area contributed by atoms with Gasteiger partial charge in [-0.15, -0.1) is 0 Å². The molecule has 124 valence electrons. The van der Waals surface area contributed by atoms with Gasteiger partial charge in [0, 0.05) is 22.9 Å². The number of hydrogen-bond donors (Lipinski definition) is 1. The largest absolute Gasteiger partial charge is 0.384 e. The fourth-order valence-electron chi connectivity index (χ4n) is 3.23. The van der Waals surface area contributed by atoms with Crippen molar-refractivity contribution in [2.24, 2.45) is 0 Å². The molecule has 26 heavy (non-hydrogen) atoms. The van der Waals surface area contributed by atoms with Gasteiger partial charge in [0.15, 0.2) is 0 Å². The molecule has 0 radical (unpaired) electrons. The summed E-state index contributed by atoms with van der Waals surface area (Å²) >= 11 is 0. The van der Waals surface area contributed by atoms with Gasteiger partial charge in [-0.05, 0) is 41.0 Å². The molecular formula is C22H14N2O2. The van der Waals surface area contributed by atoms with Gasteiger partial charge < -0.3 is 5.11 Å². The second-order valence-corrected chi connectivity index (χ2v) is 6.10. The molecule has 1 atom stereocenters. The molecule has 1 aliphatic rings. The second kappa shape index (κ2) is 6.40. The van der Waals surface area contributed by atoms with Gasteiger partial charge >= 0.3 is 0 Å². The molecule has 4 nitrogen and oxygen atoms in total. The van der Waals surface area contributed by atoms with Crippen LogP contribution in [-0.2, 0) is 0 Å². The quantitative estimate of drug-likeness (QED) is 0.717. The van der Waals surface area contributed by atoms with Crippen molar-refractivity contribution < 1.29 is 9.90 Å². The summed E-state index contributed by atoms with van der Waals surface area (Å²) in [4.78, 5) is 15.5. The van der Waals surface area contributed by atoms with E-state index < -0.39 is 6.10 Å². The molecule has 0 saturated carbocycles. The minimum atomic E-state index is -0.884. The third kappa shape index (κ3) is 2.61. The van der Waals surface area contributed by atoms with Crippen LogP contribution in [0.5, 0.6) is 0 Å². The average molecular weight is 338 g/mol. The fourth-order valence-corrected chi connectivity index (χ4v) is 3.23. The number of carbonyl (C=O) groups excluding carboxylic acids is 1. The Morgan fingerprint density at radius 3 is 2.69 bits per heavy atom. The Kier molecular flexibility index (Phi) is 3.92. The van der Waals surface area contributed by atoms with E-state index in [9.17, 15) is 15.2 Å². The van der Waals surface area contributed by atoms with Crippen LogP contribution in [0.4, 0.5) is 0 Å². The van der Waals surface area contributed by atoms with E-state index in [0.717, 1.165) is 17.4 Å². The van der Waals surface area contributed by atoms with Crippen LogP contribution in [0.3, 0.4) is 0 Å².